The van der Waals surface area contributed by atoms with Gasteiger partial charge in [-0.05, 0) is 50.0 Å². The number of ether oxygens (including phenoxy) is 1. The lowest BCUT2D eigenvalue weighted by Gasteiger charge is -2.42. The number of pyridine rings is 1. The van der Waals surface area contributed by atoms with Crippen molar-refractivity contribution in [2.45, 2.75) is 39.3 Å². The Labute approximate surface area is 169 Å². The zero-order chi connectivity index (χ0) is 20.3. The number of nitrogens with zero attached hydrogens (tertiary/aromatic N) is 2. The van der Waals surface area contributed by atoms with Crippen LogP contribution in [0.25, 0.3) is 0 Å². The van der Waals surface area contributed by atoms with Crippen molar-refractivity contribution in [1.29, 1.82) is 0 Å². The van der Waals surface area contributed by atoms with Crippen LogP contribution in [-0.2, 0) is 13.1 Å². The molecule has 1 fully saturated rings. The third-order valence-corrected chi connectivity index (χ3v) is 6.28. The molecule has 1 N–H and O–H groups in total. The van der Waals surface area contributed by atoms with Crippen molar-refractivity contribution in [2.75, 3.05) is 13.1 Å². The zero-order valence-electron chi connectivity index (χ0n) is 16.6. The third kappa shape index (κ3) is 2.90. The molecule has 5 rings (SSSR count). The average Bonchev–Trinajstić information content (AvgIpc) is 3.02. The van der Waals surface area contributed by atoms with Crippen molar-refractivity contribution in [3.63, 3.8) is 0 Å². The van der Waals surface area contributed by atoms with Crippen LogP contribution in [0.15, 0.2) is 46.5 Å². The maximum Gasteiger partial charge on any atom is 0.250 e. The van der Waals surface area contributed by atoms with Gasteiger partial charge in [0.05, 0.1) is 11.1 Å². The molecular weight excluding hydrogens is 368 g/mol. The summed E-state index contributed by atoms with van der Waals surface area (Å²) in [6.45, 7) is 6.62. The highest BCUT2D eigenvalue weighted by Crippen LogP contribution is 2.42. The van der Waals surface area contributed by atoms with Gasteiger partial charge < -0.3 is 14.4 Å². The molecule has 2 aromatic rings. The Morgan fingerprint density at radius 3 is 2.76 bits per heavy atom. The largest absolute Gasteiger partial charge is 0.507 e. The fourth-order valence-corrected chi connectivity index (χ4v) is 5.01. The molecule has 4 heterocycles. The van der Waals surface area contributed by atoms with Crippen LogP contribution in [0.4, 0.5) is 0 Å². The Bertz CT molecular complexity index is 1110. The van der Waals surface area contributed by atoms with Crippen LogP contribution in [0.2, 0.25) is 0 Å². The number of ketones is 1. The number of Topliss-reactive ketones (excluding diaryl/α,β-unsaturated/α-hetero) is 1. The molecule has 1 aromatic heterocycles. The summed E-state index contributed by atoms with van der Waals surface area (Å²) in [4.78, 5) is 27.1. The fourth-order valence-electron chi connectivity index (χ4n) is 5.01. The molecule has 0 radical (unpaired) electrons. The van der Waals surface area contributed by atoms with Crippen LogP contribution in [0.5, 0.6) is 11.5 Å². The molecule has 0 unspecified atom stereocenters. The summed E-state index contributed by atoms with van der Waals surface area (Å²) in [5.41, 5.74) is 3.18. The van der Waals surface area contributed by atoms with Crippen LogP contribution < -0.4 is 10.3 Å². The molecule has 150 valence electrons. The van der Waals surface area contributed by atoms with Crippen molar-refractivity contribution in [1.82, 2.24) is 9.47 Å². The van der Waals surface area contributed by atoms with Crippen molar-refractivity contribution in [3.05, 3.63) is 68.8 Å². The standard InChI is InChI=1S/C23H24N2O4/c1-13(2)22-21(28)16-6-7-19(26)17(23(16)29-22)12-24-9-14-8-15(11-24)18-4-3-5-20(27)25(18)10-14/h3-7,14-15,26H,8-12H2,1-2H3/t14-,15+/m1/s1. The van der Waals surface area contributed by atoms with Gasteiger partial charge in [-0.15, -0.1) is 0 Å². The van der Waals surface area contributed by atoms with Gasteiger partial charge in [0, 0.05) is 43.9 Å². The molecule has 6 nitrogen and oxygen atoms in total. The molecule has 3 aliphatic heterocycles. The molecule has 1 aromatic carbocycles. The molecule has 1 saturated heterocycles. The van der Waals surface area contributed by atoms with Crippen molar-refractivity contribution >= 4 is 5.78 Å². The van der Waals surface area contributed by atoms with E-state index in [0.29, 0.717) is 41.0 Å². The number of carbonyl (C=O) groups is 1. The number of benzene rings is 1. The Balaban J connectivity index is 1.46. The molecule has 0 saturated carbocycles. The Morgan fingerprint density at radius 2 is 1.97 bits per heavy atom. The second-order valence-electron chi connectivity index (χ2n) is 8.59. The van der Waals surface area contributed by atoms with E-state index in [2.05, 4.69) is 4.90 Å². The van der Waals surface area contributed by atoms with Crippen LogP contribution in [0, 0.1) is 5.92 Å². The molecule has 0 amide bonds. The van der Waals surface area contributed by atoms with Crippen molar-refractivity contribution < 1.29 is 14.6 Å². The second-order valence-corrected chi connectivity index (χ2v) is 8.59. The van der Waals surface area contributed by atoms with Crippen LogP contribution in [-0.4, -0.2) is 33.4 Å². The quantitative estimate of drug-likeness (QED) is 0.796. The van der Waals surface area contributed by atoms with E-state index in [1.54, 1.807) is 18.2 Å². The van der Waals surface area contributed by atoms with E-state index < -0.39 is 0 Å². The van der Waals surface area contributed by atoms with E-state index in [9.17, 15) is 14.7 Å². The zero-order valence-corrected chi connectivity index (χ0v) is 16.6. The first kappa shape index (κ1) is 18.2. The van der Waals surface area contributed by atoms with Gasteiger partial charge in [0.25, 0.3) is 5.56 Å². The molecule has 0 aliphatic carbocycles. The number of piperidine rings is 1. The maximum absolute atomic E-state index is 12.6. The topological polar surface area (TPSA) is 71.8 Å². The minimum atomic E-state index is -0.120. The number of fused-ring (bicyclic) bond motifs is 5. The van der Waals surface area contributed by atoms with E-state index in [-0.39, 0.29) is 17.1 Å². The molecule has 6 heteroatoms. The van der Waals surface area contributed by atoms with Gasteiger partial charge in [-0.3, -0.25) is 14.5 Å². The summed E-state index contributed by atoms with van der Waals surface area (Å²) < 4.78 is 7.81. The minimum Gasteiger partial charge on any atom is -0.507 e. The number of hydrogen-bond donors (Lipinski definition) is 1. The number of allylic oxidation sites excluding steroid dienone is 2. The Hall–Kier alpha value is -2.86. The molecule has 2 bridgehead atoms. The van der Waals surface area contributed by atoms with Crippen molar-refractivity contribution in [3.8, 4) is 11.5 Å². The third-order valence-electron chi connectivity index (χ3n) is 6.28. The summed E-state index contributed by atoms with van der Waals surface area (Å²) in [6.07, 6.45) is 1.08. The molecule has 2 atom stereocenters. The summed E-state index contributed by atoms with van der Waals surface area (Å²) in [5.74, 6) is 1.57. The first-order chi connectivity index (χ1) is 13.9. The number of rotatable bonds is 2. The van der Waals surface area contributed by atoms with Crippen LogP contribution >= 0.6 is 0 Å². The SMILES string of the molecule is CC(C)=C1Oc2c(ccc(O)c2CN2C[C@H]3C[C@@H](C2)c2cccc(=O)n2C3)C1=O. The van der Waals surface area contributed by atoms with Gasteiger partial charge in [0.2, 0.25) is 5.78 Å². The summed E-state index contributed by atoms with van der Waals surface area (Å²) >= 11 is 0. The lowest BCUT2D eigenvalue weighted by molar-refractivity contribution is 0.101. The van der Waals surface area contributed by atoms with Crippen molar-refractivity contribution in [2.24, 2.45) is 5.92 Å². The second kappa shape index (κ2) is 6.59. The van der Waals surface area contributed by atoms with Gasteiger partial charge in [0.1, 0.15) is 11.5 Å². The van der Waals surface area contributed by atoms with E-state index in [4.69, 9.17) is 4.74 Å². The minimum absolute atomic E-state index is 0.0744. The normalized spacial score (nSPS) is 22.8. The highest BCUT2D eigenvalue weighted by atomic mass is 16.5. The fraction of sp³-hybridized carbons (Fsp3) is 0.391. The highest BCUT2D eigenvalue weighted by Gasteiger charge is 2.37. The van der Waals surface area contributed by atoms with E-state index >= 15 is 0 Å². The monoisotopic (exact) mass is 392 g/mol. The van der Waals surface area contributed by atoms with E-state index in [0.717, 1.165) is 37.3 Å². The molecule has 0 spiro atoms. The van der Waals surface area contributed by atoms with Gasteiger partial charge in [-0.2, -0.15) is 0 Å². The molecule has 3 aliphatic rings. The summed E-state index contributed by atoms with van der Waals surface area (Å²) in [7, 11) is 0. The Morgan fingerprint density at radius 1 is 1.14 bits per heavy atom. The maximum atomic E-state index is 12.6. The lowest BCUT2D eigenvalue weighted by Crippen LogP contribution is -2.46. The first-order valence-corrected chi connectivity index (χ1v) is 10.1. The Kier molecular flexibility index (Phi) is 4.13. The predicted molar refractivity (Wildman–Crippen MR) is 108 cm³/mol. The number of phenols is 1. The van der Waals surface area contributed by atoms with Gasteiger partial charge in [-0.1, -0.05) is 6.07 Å². The first-order valence-electron chi connectivity index (χ1n) is 10.1. The number of aromatic nitrogens is 1. The van der Waals surface area contributed by atoms with E-state index in [1.807, 2.05) is 30.5 Å². The van der Waals surface area contributed by atoms with Crippen LogP contribution in [0.1, 0.15) is 47.8 Å². The number of likely N-dealkylation sites (tertiary alicyclic amines) is 1. The summed E-state index contributed by atoms with van der Waals surface area (Å²) in [5, 5.41) is 10.5. The number of aromatic hydroxyl groups is 1. The number of carbonyl (C=O) groups excluding carboxylic acids is 1. The molecule has 29 heavy (non-hydrogen) atoms. The highest BCUT2D eigenvalue weighted by molar-refractivity contribution is 6.13. The number of hydrogen-bond acceptors (Lipinski definition) is 5. The van der Waals surface area contributed by atoms with Gasteiger partial charge >= 0.3 is 0 Å². The van der Waals surface area contributed by atoms with Crippen LogP contribution in [0.3, 0.4) is 0 Å². The van der Waals surface area contributed by atoms with Gasteiger partial charge in [-0.25, -0.2) is 0 Å². The number of phenolic OH excluding ortho intramolecular Hbond substituents is 1. The predicted octanol–water partition coefficient (Wildman–Crippen LogP) is 3.04. The molecular formula is C23H24N2O4. The summed E-state index contributed by atoms with van der Waals surface area (Å²) in [6, 6.07) is 8.74. The smallest absolute Gasteiger partial charge is 0.250 e. The van der Waals surface area contributed by atoms with E-state index in [1.165, 1.54) is 0 Å². The van der Waals surface area contributed by atoms with Gasteiger partial charge in [0.15, 0.2) is 5.76 Å². The lowest BCUT2D eigenvalue weighted by atomic mass is 9.83. The average molecular weight is 392 g/mol.